The quantitative estimate of drug-likeness (QED) is 0.191. The van der Waals surface area contributed by atoms with Crippen molar-refractivity contribution in [3.63, 3.8) is 0 Å². The van der Waals surface area contributed by atoms with Crippen molar-refractivity contribution in [3.05, 3.63) is 70.7 Å². The monoisotopic (exact) mass is 761 g/mol. The Kier molecular flexibility index (Phi) is 10.7. The standard InChI is InChI=1S/C32H33BrF5N3O6S/c33-24-9-7-23(8-10-24)31(34,35)28(29(42)40-15-13-20(19-39)14-16-40)41(47-30(43)32(36,37)38)48(44,45)27-12-6-21-17-26(11-5-22(21)18-27)46-25-3-1-2-4-25/h5-12,17-18,20,25,28H,1-4,13-16,19,39H2/t28-/m1/s1. The van der Waals surface area contributed by atoms with Gasteiger partial charge in [0.2, 0.25) is 6.04 Å². The Morgan fingerprint density at radius 2 is 1.52 bits per heavy atom. The molecular weight excluding hydrogens is 729 g/mol. The minimum atomic E-state index is -5.80. The van der Waals surface area contributed by atoms with Gasteiger partial charge in [-0.3, -0.25) is 4.79 Å². The molecule has 0 radical (unpaired) electrons. The van der Waals surface area contributed by atoms with Gasteiger partial charge in [0.15, 0.2) is 0 Å². The van der Waals surface area contributed by atoms with E-state index in [2.05, 4.69) is 20.8 Å². The molecule has 3 aromatic carbocycles. The Labute approximate surface area is 282 Å². The topological polar surface area (TPSA) is 119 Å². The van der Waals surface area contributed by atoms with Crippen LogP contribution >= 0.6 is 15.9 Å². The van der Waals surface area contributed by atoms with Gasteiger partial charge in [-0.2, -0.15) is 22.0 Å². The number of benzene rings is 3. The molecular formula is C32H33BrF5N3O6S. The molecule has 1 atom stereocenters. The molecule has 2 aliphatic rings. The lowest BCUT2D eigenvalue weighted by molar-refractivity contribution is -0.239. The molecule has 260 valence electrons. The van der Waals surface area contributed by atoms with Crippen LogP contribution in [0.3, 0.4) is 0 Å². The SMILES string of the molecule is NCC1CCN(C(=O)[C@@H](N(OC(=O)C(F)(F)F)S(=O)(=O)c2ccc3cc(OC4CCCC4)ccc3c2)C(F)(F)c2ccc(Br)cc2)CC1. The van der Waals surface area contributed by atoms with Crippen molar-refractivity contribution in [3.8, 4) is 5.75 Å². The molecule has 0 aromatic heterocycles. The summed E-state index contributed by atoms with van der Waals surface area (Å²) in [5.74, 6) is -8.68. The number of alkyl halides is 5. The Hall–Kier alpha value is -3.34. The highest BCUT2D eigenvalue weighted by Gasteiger charge is 2.58. The number of carbonyl (C=O) groups is 2. The number of carbonyl (C=O) groups excluding carboxylic acids is 2. The fourth-order valence-corrected chi connectivity index (χ4v) is 7.54. The van der Waals surface area contributed by atoms with Crippen molar-refractivity contribution in [1.29, 1.82) is 0 Å². The Morgan fingerprint density at radius 3 is 2.12 bits per heavy atom. The zero-order chi connectivity index (χ0) is 34.9. The van der Waals surface area contributed by atoms with Crippen molar-refractivity contribution in [2.24, 2.45) is 11.7 Å². The van der Waals surface area contributed by atoms with Crippen molar-refractivity contribution >= 4 is 48.6 Å². The molecule has 0 unspecified atom stereocenters. The molecule has 0 bridgehead atoms. The van der Waals surface area contributed by atoms with Gasteiger partial charge in [-0.15, -0.1) is 0 Å². The number of halogens is 6. The molecule has 3 aromatic rings. The van der Waals surface area contributed by atoms with Gasteiger partial charge in [0.25, 0.3) is 15.9 Å². The number of hydrogen-bond donors (Lipinski definition) is 1. The van der Waals surface area contributed by atoms with Gasteiger partial charge in [-0.25, -0.2) is 13.2 Å². The van der Waals surface area contributed by atoms with E-state index >= 15 is 8.78 Å². The summed E-state index contributed by atoms with van der Waals surface area (Å²) in [6.07, 6.45) is -1.36. The maximum Gasteiger partial charge on any atom is 0.492 e. The van der Waals surface area contributed by atoms with Crippen LogP contribution in [0.4, 0.5) is 22.0 Å². The molecule has 1 amide bonds. The first-order valence-corrected chi connectivity index (χ1v) is 17.5. The predicted octanol–water partition coefficient (Wildman–Crippen LogP) is 6.29. The highest BCUT2D eigenvalue weighted by Crippen LogP contribution is 2.40. The van der Waals surface area contributed by atoms with Crippen LogP contribution < -0.4 is 10.5 Å². The van der Waals surface area contributed by atoms with E-state index in [-0.39, 0.29) is 49.9 Å². The van der Waals surface area contributed by atoms with E-state index in [9.17, 15) is 31.2 Å². The number of fused-ring (bicyclic) bond motifs is 1. The summed E-state index contributed by atoms with van der Waals surface area (Å²) < 4.78 is 108. The number of amides is 1. The van der Waals surface area contributed by atoms with Crippen LogP contribution in [0.25, 0.3) is 10.8 Å². The molecule has 48 heavy (non-hydrogen) atoms. The van der Waals surface area contributed by atoms with Crippen LogP contribution in [0, 0.1) is 5.92 Å². The molecule has 1 aliphatic carbocycles. The molecule has 1 aliphatic heterocycles. The highest BCUT2D eigenvalue weighted by atomic mass is 79.9. The van der Waals surface area contributed by atoms with Crippen molar-refractivity contribution < 1.29 is 49.5 Å². The lowest BCUT2D eigenvalue weighted by Crippen LogP contribution is -2.60. The van der Waals surface area contributed by atoms with Crippen molar-refractivity contribution in [2.45, 2.75) is 67.7 Å². The van der Waals surface area contributed by atoms with E-state index in [4.69, 9.17) is 10.5 Å². The molecule has 0 spiro atoms. The first-order valence-electron chi connectivity index (χ1n) is 15.3. The maximum absolute atomic E-state index is 16.5. The summed E-state index contributed by atoms with van der Waals surface area (Å²) in [6, 6.07) is 8.93. The average molecular weight is 763 g/mol. The van der Waals surface area contributed by atoms with Crippen LogP contribution in [-0.4, -0.2) is 67.6 Å². The van der Waals surface area contributed by atoms with Gasteiger partial charge < -0.3 is 20.2 Å². The molecule has 16 heteroatoms. The largest absolute Gasteiger partial charge is 0.492 e. The lowest BCUT2D eigenvalue weighted by Gasteiger charge is -2.39. The number of hydrogen-bond acceptors (Lipinski definition) is 7. The number of sulfonamides is 1. The van der Waals surface area contributed by atoms with Gasteiger partial charge in [0.05, 0.1) is 11.0 Å². The van der Waals surface area contributed by atoms with Crippen molar-refractivity contribution in [2.75, 3.05) is 19.6 Å². The van der Waals surface area contributed by atoms with Crippen LogP contribution in [0.15, 0.2) is 70.0 Å². The number of ether oxygens (including phenoxy) is 1. The van der Waals surface area contributed by atoms with E-state index in [0.29, 0.717) is 15.6 Å². The normalized spacial score (nSPS) is 17.5. The minimum Gasteiger partial charge on any atom is -0.490 e. The van der Waals surface area contributed by atoms with Gasteiger partial charge in [-0.05, 0) is 103 Å². The third-order valence-corrected chi connectivity index (χ3v) is 10.7. The van der Waals surface area contributed by atoms with Crippen LogP contribution in [0.1, 0.15) is 44.1 Å². The Balaban J connectivity index is 1.60. The second kappa shape index (κ2) is 14.3. The van der Waals surface area contributed by atoms with Crippen LogP contribution in [-0.2, 0) is 30.4 Å². The number of likely N-dealkylation sites (tertiary alicyclic amines) is 1. The zero-order valence-electron chi connectivity index (χ0n) is 25.5. The second-order valence-corrected chi connectivity index (χ2v) is 14.6. The van der Waals surface area contributed by atoms with E-state index in [1.807, 2.05) is 0 Å². The third-order valence-electron chi connectivity index (χ3n) is 8.60. The van der Waals surface area contributed by atoms with Crippen LogP contribution in [0.2, 0.25) is 0 Å². The van der Waals surface area contributed by atoms with Gasteiger partial charge in [0.1, 0.15) is 5.75 Å². The fourth-order valence-electron chi connectivity index (χ4n) is 5.88. The molecule has 2 N–H and O–H groups in total. The maximum atomic E-state index is 16.5. The summed E-state index contributed by atoms with van der Waals surface area (Å²) in [5, 5.41) is 0.752. The number of piperidine rings is 1. The van der Waals surface area contributed by atoms with E-state index in [0.717, 1.165) is 54.8 Å². The number of hydroxylamine groups is 1. The summed E-state index contributed by atoms with van der Waals surface area (Å²) in [5.41, 5.74) is 4.80. The third kappa shape index (κ3) is 7.76. The summed E-state index contributed by atoms with van der Waals surface area (Å²) in [7, 11) is -5.57. The highest BCUT2D eigenvalue weighted by molar-refractivity contribution is 9.10. The number of nitrogens with zero attached hydrogens (tertiary/aromatic N) is 2. The molecule has 1 saturated carbocycles. The summed E-state index contributed by atoms with van der Waals surface area (Å²) in [6.45, 7) is -0.00765. The lowest BCUT2D eigenvalue weighted by atomic mass is 9.95. The first kappa shape index (κ1) is 36.0. The summed E-state index contributed by atoms with van der Waals surface area (Å²) >= 11 is 3.11. The van der Waals surface area contributed by atoms with Gasteiger partial charge >= 0.3 is 18.1 Å². The Morgan fingerprint density at radius 1 is 0.917 bits per heavy atom. The number of nitrogens with two attached hydrogens (primary N) is 1. The smallest absolute Gasteiger partial charge is 0.490 e. The van der Waals surface area contributed by atoms with E-state index < -0.39 is 55.0 Å². The zero-order valence-corrected chi connectivity index (χ0v) is 27.9. The minimum absolute atomic E-state index is 0.0296. The van der Waals surface area contributed by atoms with Crippen molar-refractivity contribution in [1.82, 2.24) is 9.37 Å². The van der Waals surface area contributed by atoms with Gasteiger partial charge in [0, 0.05) is 23.1 Å². The van der Waals surface area contributed by atoms with Crippen LogP contribution in [0.5, 0.6) is 5.75 Å². The molecule has 5 rings (SSSR count). The first-order chi connectivity index (χ1) is 22.6. The fraction of sp³-hybridized carbons (Fsp3) is 0.438. The predicted molar refractivity (Wildman–Crippen MR) is 168 cm³/mol. The second-order valence-electron chi connectivity index (χ2n) is 11.9. The van der Waals surface area contributed by atoms with E-state index in [1.165, 1.54) is 24.3 Å². The van der Waals surface area contributed by atoms with Gasteiger partial charge in [-0.1, -0.05) is 40.2 Å². The number of rotatable bonds is 10. The molecule has 9 nitrogen and oxygen atoms in total. The van der Waals surface area contributed by atoms with E-state index in [1.54, 1.807) is 12.1 Å². The molecule has 1 saturated heterocycles. The molecule has 2 fully saturated rings. The summed E-state index contributed by atoms with van der Waals surface area (Å²) in [4.78, 5) is 30.5. The molecule has 1 heterocycles. The average Bonchev–Trinajstić information content (AvgIpc) is 3.56. The Bertz CT molecular complexity index is 1750.